The first-order chi connectivity index (χ1) is 7.61. The van der Waals surface area contributed by atoms with Crippen LogP contribution >= 0.6 is 12.6 Å². The lowest BCUT2D eigenvalue weighted by molar-refractivity contribution is 0.101. The summed E-state index contributed by atoms with van der Waals surface area (Å²) in [5.74, 6) is 0.0170. The van der Waals surface area contributed by atoms with E-state index in [9.17, 15) is 4.79 Å². The molecule has 1 aromatic heterocycles. The number of carbonyl (C=O) groups excluding carboxylic acids is 1. The summed E-state index contributed by atoms with van der Waals surface area (Å²) in [6.45, 7) is 9.87. The van der Waals surface area contributed by atoms with Crippen LogP contribution in [0.2, 0.25) is 0 Å². The summed E-state index contributed by atoms with van der Waals surface area (Å²) in [6, 6.07) is 1.69. The van der Waals surface area contributed by atoms with Gasteiger partial charge in [-0.05, 0) is 13.0 Å². The number of unbranched alkanes of at least 4 members (excludes halogenated alkanes) is 1. The van der Waals surface area contributed by atoms with Gasteiger partial charge in [-0.3, -0.25) is 9.78 Å². The van der Waals surface area contributed by atoms with Gasteiger partial charge in [0.25, 0.3) is 0 Å². The van der Waals surface area contributed by atoms with Gasteiger partial charge in [0.1, 0.15) is 0 Å². The number of ketones is 1. The van der Waals surface area contributed by atoms with E-state index < -0.39 is 0 Å². The average molecular weight is 241 g/mol. The third kappa shape index (κ3) is 9.71. The first kappa shape index (κ1) is 17.6. The molecule has 16 heavy (non-hydrogen) atoms. The van der Waals surface area contributed by atoms with Crippen LogP contribution in [0.5, 0.6) is 0 Å². The van der Waals surface area contributed by atoms with Crippen LogP contribution in [-0.2, 0) is 0 Å². The van der Waals surface area contributed by atoms with Gasteiger partial charge in [-0.15, -0.1) is 12.6 Å². The van der Waals surface area contributed by atoms with Crippen molar-refractivity contribution < 1.29 is 4.79 Å². The van der Waals surface area contributed by atoms with Crippen molar-refractivity contribution in [1.29, 1.82) is 0 Å². The molecular formula is C13H23NOS. The van der Waals surface area contributed by atoms with E-state index in [1.807, 2.05) is 13.8 Å². The Morgan fingerprint density at radius 1 is 1.25 bits per heavy atom. The van der Waals surface area contributed by atoms with Crippen molar-refractivity contribution in [3.05, 3.63) is 24.0 Å². The fourth-order valence-corrected chi connectivity index (χ4v) is 0.826. The second kappa shape index (κ2) is 12.2. The van der Waals surface area contributed by atoms with Gasteiger partial charge in [0.2, 0.25) is 0 Å². The first-order valence-corrected chi connectivity index (χ1v) is 6.21. The Kier molecular flexibility index (Phi) is 13.4. The number of hydrogen-bond donors (Lipinski definition) is 1. The monoisotopic (exact) mass is 241 g/mol. The second-order valence-corrected chi connectivity index (χ2v) is 3.50. The molecular weight excluding hydrogens is 218 g/mol. The van der Waals surface area contributed by atoms with E-state index in [4.69, 9.17) is 0 Å². The predicted octanol–water partition coefficient (Wildman–Crippen LogP) is 4.41. The molecule has 0 unspecified atom stereocenters. The lowest BCUT2D eigenvalue weighted by Crippen LogP contribution is -1.91. The van der Waals surface area contributed by atoms with Gasteiger partial charge in [0.05, 0.1) is 0 Å². The minimum Gasteiger partial charge on any atom is -0.294 e. The third-order valence-electron chi connectivity index (χ3n) is 1.63. The van der Waals surface area contributed by atoms with Crippen molar-refractivity contribution in [2.45, 2.75) is 52.4 Å². The maximum absolute atomic E-state index is 10.7. The molecule has 1 heterocycles. The molecule has 0 aliphatic heterocycles. The summed E-state index contributed by atoms with van der Waals surface area (Å²) in [7, 11) is 0. The van der Waals surface area contributed by atoms with Crippen LogP contribution in [0.3, 0.4) is 0 Å². The van der Waals surface area contributed by atoms with Crippen LogP contribution in [0.15, 0.2) is 23.4 Å². The summed E-state index contributed by atoms with van der Waals surface area (Å²) >= 11 is 4.03. The van der Waals surface area contributed by atoms with Gasteiger partial charge in [-0.1, -0.05) is 40.5 Å². The summed E-state index contributed by atoms with van der Waals surface area (Å²) < 4.78 is 0. The zero-order valence-corrected chi connectivity index (χ0v) is 11.8. The molecule has 92 valence electrons. The third-order valence-corrected chi connectivity index (χ3v) is 1.87. The molecule has 0 saturated carbocycles. The molecule has 0 N–H and O–H groups in total. The number of pyridine rings is 1. The van der Waals surface area contributed by atoms with E-state index in [-0.39, 0.29) is 5.78 Å². The molecule has 0 bridgehead atoms. The maximum Gasteiger partial charge on any atom is 0.161 e. The number of thiol groups is 1. The number of Topliss-reactive ketones (excluding diaryl/α,β-unsaturated/α-hetero) is 1. The molecule has 2 nitrogen and oxygen atoms in total. The van der Waals surface area contributed by atoms with Crippen molar-refractivity contribution in [3.63, 3.8) is 0 Å². The van der Waals surface area contributed by atoms with Crippen molar-refractivity contribution in [3.8, 4) is 0 Å². The minimum absolute atomic E-state index is 0.0170. The molecule has 1 rings (SSSR count). The van der Waals surface area contributed by atoms with Crippen molar-refractivity contribution in [2.24, 2.45) is 0 Å². The normalized spacial score (nSPS) is 8.12. The Balaban J connectivity index is 0. The predicted molar refractivity (Wildman–Crippen MR) is 73.4 cm³/mol. The Labute approximate surface area is 105 Å². The van der Waals surface area contributed by atoms with Crippen LogP contribution in [0.4, 0.5) is 0 Å². The molecule has 0 spiro atoms. The average Bonchev–Trinajstić information content (AvgIpc) is 2.32. The Hall–Kier alpha value is -0.830. The summed E-state index contributed by atoms with van der Waals surface area (Å²) in [5.41, 5.74) is 0.604. The highest BCUT2D eigenvalue weighted by Crippen LogP contribution is 2.06. The quantitative estimate of drug-likeness (QED) is 0.614. The van der Waals surface area contributed by atoms with Gasteiger partial charge < -0.3 is 0 Å². The molecule has 0 aromatic carbocycles. The van der Waals surface area contributed by atoms with Gasteiger partial charge >= 0.3 is 0 Å². The van der Waals surface area contributed by atoms with Crippen LogP contribution in [0.1, 0.15) is 57.8 Å². The van der Waals surface area contributed by atoms with Gasteiger partial charge in [-0.2, -0.15) is 0 Å². The fraction of sp³-hybridized carbons (Fsp3) is 0.538. The van der Waals surface area contributed by atoms with Crippen LogP contribution in [0.25, 0.3) is 0 Å². The van der Waals surface area contributed by atoms with E-state index >= 15 is 0 Å². The Morgan fingerprint density at radius 3 is 2.00 bits per heavy atom. The molecule has 0 aliphatic carbocycles. The van der Waals surface area contributed by atoms with Crippen LogP contribution < -0.4 is 0 Å². The first-order valence-electron chi connectivity index (χ1n) is 5.76. The van der Waals surface area contributed by atoms with E-state index in [1.165, 1.54) is 26.0 Å². The Morgan fingerprint density at radius 2 is 1.75 bits per heavy atom. The number of aromatic nitrogens is 1. The molecule has 0 aliphatic rings. The largest absolute Gasteiger partial charge is 0.294 e. The van der Waals surface area contributed by atoms with E-state index in [0.717, 1.165) is 0 Å². The lowest BCUT2D eigenvalue weighted by atomic mass is 10.2. The van der Waals surface area contributed by atoms with Crippen LogP contribution in [-0.4, -0.2) is 10.8 Å². The van der Waals surface area contributed by atoms with Crippen molar-refractivity contribution >= 4 is 18.4 Å². The van der Waals surface area contributed by atoms with Gasteiger partial charge in [-0.25, -0.2) is 0 Å². The summed E-state index contributed by atoms with van der Waals surface area (Å²) in [5, 5.41) is 0. The van der Waals surface area contributed by atoms with E-state index in [0.29, 0.717) is 10.5 Å². The highest BCUT2D eigenvalue weighted by atomic mass is 32.1. The fourth-order valence-electron chi connectivity index (χ4n) is 0.620. The molecule has 3 heteroatoms. The maximum atomic E-state index is 10.7. The zero-order valence-electron chi connectivity index (χ0n) is 10.9. The van der Waals surface area contributed by atoms with Gasteiger partial charge in [0, 0.05) is 22.9 Å². The number of hydrogen-bond acceptors (Lipinski definition) is 3. The minimum atomic E-state index is 0.0170. The number of nitrogens with zero attached hydrogens (tertiary/aromatic N) is 1. The zero-order chi connectivity index (χ0) is 13.0. The highest BCUT2D eigenvalue weighted by molar-refractivity contribution is 7.80. The van der Waals surface area contributed by atoms with Crippen LogP contribution in [0, 0.1) is 0 Å². The highest BCUT2D eigenvalue weighted by Gasteiger charge is 1.97. The standard InChI is InChI=1S/C7H7NOS.C4H10.C2H6/c1-5(9)6-2-7(10)4-8-3-6;1-3-4-2;1-2/h2-4,10H,1H3;3-4H2,1-2H3;1-2H3. The topological polar surface area (TPSA) is 30.0 Å². The molecule has 0 fully saturated rings. The molecule has 1 aromatic rings. The smallest absolute Gasteiger partial charge is 0.161 e. The lowest BCUT2D eigenvalue weighted by Gasteiger charge is -1.93. The number of carbonyl (C=O) groups is 1. The Bertz CT molecular complexity index is 285. The van der Waals surface area contributed by atoms with Crippen molar-refractivity contribution in [1.82, 2.24) is 4.98 Å². The van der Waals surface area contributed by atoms with E-state index in [1.54, 1.807) is 12.3 Å². The van der Waals surface area contributed by atoms with Crippen molar-refractivity contribution in [2.75, 3.05) is 0 Å². The summed E-state index contributed by atoms with van der Waals surface area (Å²) in [4.78, 5) is 15.2. The molecule has 0 atom stereocenters. The SMILES string of the molecule is CC.CC(=O)c1cncc(S)c1.CCCC. The van der Waals surface area contributed by atoms with E-state index in [2.05, 4.69) is 31.5 Å². The second-order valence-electron chi connectivity index (χ2n) is 2.99. The number of rotatable bonds is 2. The molecule has 0 radical (unpaired) electrons. The summed E-state index contributed by atoms with van der Waals surface area (Å²) in [6.07, 6.45) is 5.76. The molecule has 0 amide bonds. The molecule has 0 saturated heterocycles. The van der Waals surface area contributed by atoms with Gasteiger partial charge in [0.15, 0.2) is 5.78 Å².